The smallest absolute Gasteiger partial charge is 0.416 e. The lowest BCUT2D eigenvalue weighted by Crippen LogP contribution is -2.22. The first-order chi connectivity index (χ1) is 9.38. The molecule has 0 aliphatic carbocycles. The molecule has 0 amide bonds. The Morgan fingerprint density at radius 3 is 2.15 bits per heavy atom. The Bertz CT molecular complexity index is 531. The average molecular weight is 283 g/mol. The molecule has 1 aromatic carbocycles. The second-order valence-electron chi connectivity index (χ2n) is 4.75. The fourth-order valence-corrected chi connectivity index (χ4v) is 2.05. The van der Waals surface area contributed by atoms with Gasteiger partial charge in [-0.25, -0.2) is 0 Å². The second-order valence-corrected chi connectivity index (χ2v) is 4.75. The number of hydrogen-bond acceptors (Lipinski definition) is 2. The first-order valence-corrected chi connectivity index (χ1v) is 6.34. The van der Waals surface area contributed by atoms with E-state index in [1.165, 1.54) is 12.1 Å². The van der Waals surface area contributed by atoms with Gasteiger partial charge in [0.1, 0.15) is 5.76 Å². The molecule has 2 rings (SSSR count). The van der Waals surface area contributed by atoms with Crippen LogP contribution < -0.4 is 5.32 Å². The van der Waals surface area contributed by atoms with Crippen molar-refractivity contribution in [2.45, 2.75) is 32.1 Å². The highest BCUT2D eigenvalue weighted by atomic mass is 19.4. The molecule has 0 saturated heterocycles. The van der Waals surface area contributed by atoms with E-state index in [0.717, 1.165) is 23.5 Å². The van der Waals surface area contributed by atoms with Crippen LogP contribution in [-0.4, -0.2) is 0 Å². The van der Waals surface area contributed by atoms with Gasteiger partial charge in [-0.1, -0.05) is 12.1 Å². The van der Waals surface area contributed by atoms with Crippen molar-refractivity contribution in [1.82, 2.24) is 5.32 Å². The lowest BCUT2D eigenvalue weighted by molar-refractivity contribution is -0.137. The average Bonchev–Trinajstić information content (AvgIpc) is 2.91. The van der Waals surface area contributed by atoms with Gasteiger partial charge in [-0.05, 0) is 43.7 Å². The monoisotopic (exact) mass is 283 g/mol. The van der Waals surface area contributed by atoms with Gasteiger partial charge in [0.05, 0.1) is 17.9 Å². The van der Waals surface area contributed by atoms with Gasteiger partial charge in [0.25, 0.3) is 0 Å². The molecule has 2 aromatic rings. The summed E-state index contributed by atoms with van der Waals surface area (Å²) in [4.78, 5) is 0. The highest BCUT2D eigenvalue weighted by Crippen LogP contribution is 2.30. The van der Waals surface area contributed by atoms with Crippen LogP contribution in [0.15, 0.2) is 47.1 Å². The normalized spacial score (nSPS) is 15.1. The summed E-state index contributed by atoms with van der Waals surface area (Å²) < 4.78 is 42.8. The number of benzene rings is 1. The summed E-state index contributed by atoms with van der Waals surface area (Å²) in [5, 5.41) is 3.28. The molecule has 1 N–H and O–H groups in total. The van der Waals surface area contributed by atoms with Crippen molar-refractivity contribution in [3.8, 4) is 0 Å². The van der Waals surface area contributed by atoms with Crippen molar-refractivity contribution in [2.24, 2.45) is 0 Å². The Hall–Kier alpha value is -1.75. The lowest BCUT2D eigenvalue weighted by Gasteiger charge is -2.19. The maximum atomic E-state index is 12.5. The Balaban J connectivity index is 2.04. The minimum absolute atomic E-state index is 0.0118. The van der Waals surface area contributed by atoms with Gasteiger partial charge in [0.15, 0.2) is 0 Å². The number of hydrogen-bond donors (Lipinski definition) is 1. The molecular weight excluding hydrogens is 267 g/mol. The van der Waals surface area contributed by atoms with Crippen molar-refractivity contribution >= 4 is 0 Å². The maximum absolute atomic E-state index is 12.5. The molecule has 2 nitrogen and oxygen atoms in total. The third-order valence-corrected chi connectivity index (χ3v) is 3.21. The zero-order valence-electron chi connectivity index (χ0n) is 11.2. The molecule has 1 aromatic heterocycles. The maximum Gasteiger partial charge on any atom is 0.416 e. The van der Waals surface area contributed by atoms with Gasteiger partial charge in [0.2, 0.25) is 0 Å². The lowest BCUT2D eigenvalue weighted by atomic mass is 10.0. The van der Waals surface area contributed by atoms with Crippen molar-refractivity contribution < 1.29 is 17.6 Å². The number of halogens is 3. The third-order valence-electron chi connectivity index (χ3n) is 3.21. The van der Waals surface area contributed by atoms with Gasteiger partial charge in [-0.2, -0.15) is 13.2 Å². The Kier molecular flexibility index (Phi) is 4.18. The van der Waals surface area contributed by atoms with Gasteiger partial charge < -0.3 is 9.73 Å². The van der Waals surface area contributed by atoms with Crippen LogP contribution in [-0.2, 0) is 6.18 Å². The van der Waals surface area contributed by atoms with Gasteiger partial charge >= 0.3 is 6.18 Å². The highest BCUT2D eigenvalue weighted by molar-refractivity contribution is 5.26. The zero-order chi connectivity index (χ0) is 14.8. The van der Waals surface area contributed by atoms with Crippen LogP contribution in [0.4, 0.5) is 13.2 Å². The van der Waals surface area contributed by atoms with Crippen molar-refractivity contribution in [3.05, 3.63) is 59.5 Å². The van der Waals surface area contributed by atoms with E-state index in [1.54, 1.807) is 12.3 Å². The van der Waals surface area contributed by atoms with E-state index < -0.39 is 11.7 Å². The second kappa shape index (κ2) is 5.71. The van der Waals surface area contributed by atoms with Crippen LogP contribution in [0.2, 0.25) is 0 Å². The number of furan rings is 1. The predicted octanol–water partition coefficient (Wildman–Crippen LogP) is 4.71. The molecule has 0 aliphatic rings. The van der Waals surface area contributed by atoms with Gasteiger partial charge in [-0.15, -0.1) is 0 Å². The van der Waals surface area contributed by atoms with E-state index in [4.69, 9.17) is 4.42 Å². The first-order valence-electron chi connectivity index (χ1n) is 6.34. The Morgan fingerprint density at radius 2 is 1.65 bits per heavy atom. The molecule has 108 valence electrons. The van der Waals surface area contributed by atoms with Crippen molar-refractivity contribution in [3.63, 3.8) is 0 Å². The largest absolute Gasteiger partial charge is 0.468 e. The van der Waals surface area contributed by atoms with Crippen LogP contribution in [0.1, 0.15) is 42.8 Å². The fourth-order valence-electron chi connectivity index (χ4n) is 2.05. The van der Waals surface area contributed by atoms with E-state index in [-0.39, 0.29) is 12.1 Å². The highest BCUT2D eigenvalue weighted by Gasteiger charge is 2.30. The van der Waals surface area contributed by atoms with Crippen LogP contribution in [0.3, 0.4) is 0 Å². The molecule has 5 heteroatoms. The summed E-state index contributed by atoms with van der Waals surface area (Å²) in [6.07, 6.45) is -2.70. The van der Waals surface area contributed by atoms with Gasteiger partial charge in [0, 0.05) is 6.04 Å². The molecule has 1 heterocycles. The number of nitrogens with one attached hydrogen (secondary N) is 1. The van der Waals surface area contributed by atoms with Crippen LogP contribution in [0.5, 0.6) is 0 Å². The van der Waals surface area contributed by atoms with E-state index in [2.05, 4.69) is 5.32 Å². The molecule has 0 fully saturated rings. The molecule has 20 heavy (non-hydrogen) atoms. The van der Waals surface area contributed by atoms with Crippen molar-refractivity contribution in [1.29, 1.82) is 0 Å². The van der Waals surface area contributed by atoms with Gasteiger partial charge in [-0.3, -0.25) is 0 Å². The minimum Gasteiger partial charge on any atom is -0.468 e. The molecule has 0 bridgehead atoms. The fraction of sp³-hybridized carbons (Fsp3) is 0.333. The molecule has 0 saturated carbocycles. The Labute approximate surface area is 115 Å². The van der Waals surface area contributed by atoms with E-state index in [9.17, 15) is 13.2 Å². The Morgan fingerprint density at radius 1 is 1.00 bits per heavy atom. The standard InChI is InChI=1S/C15H16F3NO/c1-10(19-11(2)14-4-3-9-20-14)12-5-7-13(8-6-12)15(16,17)18/h3-11,19H,1-2H3/t10?,11-/m1/s1. The van der Waals surface area contributed by atoms with Crippen LogP contribution in [0, 0.1) is 0 Å². The minimum atomic E-state index is -4.29. The van der Waals surface area contributed by atoms with E-state index >= 15 is 0 Å². The summed E-state index contributed by atoms with van der Waals surface area (Å²) in [6.45, 7) is 3.85. The predicted molar refractivity (Wildman–Crippen MR) is 70.1 cm³/mol. The third kappa shape index (κ3) is 3.42. The summed E-state index contributed by atoms with van der Waals surface area (Å²) in [6, 6.07) is 8.77. The number of rotatable bonds is 4. The molecular formula is C15H16F3NO. The number of alkyl halides is 3. The summed E-state index contributed by atoms with van der Waals surface area (Å²) in [5.41, 5.74) is 0.170. The van der Waals surface area contributed by atoms with Crippen LogP contribution in [0.25, 0.3) is 0 Å². The summed E-state index contributed by atoms with van der Waals surface area (Å²) in [7, 11) is 0. The summed E-state index contributed by atoms with van der Waals surface area (Å²) >= 11 is 0. The molecule has 1 unspecified atom stereocenters. The van der Waals surface area contributed by atoms with E-state index in [0.29, 0.717) is 0 Å². The molecule has 0 radical (unpaired) electrons. The summed E-state index contributed by atoms with van der Waals surface area (Å²) in [5.74, 6) is 0.795. The first kappa shape index (κ1) is 14.7. The zero-order valence-corrected chi connectivity index (χ0v) is 11.2. The molecule has 0 aliphatic heterocycles. The van der Waals surface area contributed by atoms with Crippen molar-refractivity contribution in [2.75, 3.05) is 0 Å². The molecule has 2 atom stereocenters. The quantitative estimate of drug-likeness (QED) is 0.879. The molecule has 0 spiro atoms. The van der Waals surface area contributed by atoms with E-state index in [1.807, 2.05) is 19.9 Å². The van der Waals surface area contributed by atoms with Crippen LogP contribution >= 0.6 is 0 Å². The topological polar surface area (TPSA) is 25.2 Å². The SMILES string of the molecule is CC(N[C@H](C)c1ccco1)c1ccc(C(F)(F)F)cc1.